The van der Waals surface area contributed by atoms with Crippen molar-refractivity contribution in [3.63, 3.8) is 0 Å². The lowest BCUT2D eigenvalue weighted by Gasteiger charge is -2.27. The first kappa shape index (κ1) is 12.8. The third-order valence-electron chi connectivity index (χ3n) is 3.93. The van der Waals surface area contributed by atoms with Crippen molar-refractivity contribution in [1.29, 1.82) is 0 Å². The number of fused-ring (bicyclic) bond motifs is 1. The fourth-order valence-electron chi connectivity index (χ4n) is 2.93. The molecular formula is C20H16N2. The Labute approximate surface area is 130 Å². The highest BCUT2D eigenvalue weighted by Crippen LogP contribution is 2.38. The van der Waals surface area contributed by atoms with Gasteiger partial charge in [-0.15, -0.1) is 0 Å². The van der Waals surface area contributed by atoms with Crippen LogP contribution in [0.5, 0.6) is 0 Å². The van der Waals surface area contributed by atoms with Crippen LogP contribution in [0.15, 0.2) is 79.0 Å². The highest BCUT2D eigenvalue weighted by Gasteiger charge is 2.19. The molecule has 0 unspecified atom stereocenters. The molecule has 0 bridgehead atoms. The molecule has 1 aromatic heterocycles. The van der Waals surface area contributed by atoms with E-state index in [0.29, 0.717) is 0 Å². The fraction of sp³-hybridized carbons (Fsp3) is 0.0500. The van der Waals surface area contributed by atoms with E-state index in [1.54, 1.807) is 0 Å². The summed E-state index contributed by atoms with van der Waals surface area (Å²) in [5, 5.41) is 0. The normalized spacial score (nSPS) is 12.2. The van der Waals surface area contributed by atoms with Crippen molar-refractivity contribution in [2.24, 2.45) is 0 Å². The van der Waals surface area contributed by atoms with Gasteiger partial charge in [-0.25, -0.2) is 0 Å². The van der Waals surface area contributed by atoms with E-state index in [9.17, 15) is 0 Å². The molecule has 0 saturated carbocycles. The number of para-hydroxylation sites is 2. The molecule has 22 heavy (non-hydrogen) atoms. The zero-order valence-corrected chi connectivity index (χ0v) is 12.2. The van der Waals surface area contributed by atoms with Crippen LogP contribution in [0.4, 0.5) is 17.1 Å². The van der Waals surface area contributed by atoms with Crippen LogP contribution in [0.2, 0.25) is 0 Å². The first-order chi connectivity index (χ1) is 10.9. The van der Waals surface area contributed by atoms with Gasteiger partial charge in [0, 0.05) is 23.1 Å². The maximum absolute atomic E-state index is 4.48. The van der Waals surface area contributed by atoms with Gasteiger partial charge in [-0.1, -0.05) is 42.5 Å². The number of pyridine rings is 1. The minimum Gasteiger partial charge on any atom is -0.310 e. The fourth-order valence-corrected chi connectivity index (χ4v) is 2.93. The Morgan fingerprint density at radius 3 is 2.05 bits per heavy atom. The molecule has 4 rings (SSSR count). The lowest BCUT2D eigenvalue weighted by molar-refractivity contribution is 1.16. The Morgan fingerprint density at radius 1 is 0.773 bits per heavy atom. The maximum atomic E-state index is 4.48. The van der Waals surface area contributed by atoms with E-state index in [-0.39, 0.29) is 0 Å². The average molecular weight is 284 g/mol. The number of hydrogen-bond acceptors (Lipinski definition) is 2. The highest BCUT2D eigenvalue weighted by molar-refractivity contribution is 5.81. The summed E-state index contributed by atoms with van der Waals surface area (Å²) in [5.74, 6) is 0. The van der Waals surface area contributed by atoms with E-state index in [2.05, 4.69) is 76.6 Å². The van der Waals surface area contributed by atoms with Crippen LogP contribution in [0.25, 0.3) is 6.08 Å². The number of aromatic nitrogens is 1. The minimum atomic E-state index is 0.939. The molecule has 2 nitrogen and oxygen atoms in total. The van der Waals surface area contributed by atoms with E-state index in [1.165, 1.54) is 11.3 Å². The summed E-state index contributed by atoms with van der Waals surface area (Å²) in [6.07, 6.45) is 7.11. The summed E-state index contributed by atoms with van der Waals surface area (Å²) >= 11 is 0. The van der Waals surface area contributed by atoms with Crippen LogP contribution in [0, 0.1) is 0 Å². The van der Waals surface area contributed by atoms with Crippen LogP contribution in [0.1, 0.15) is 11.3 Å². The second-order valence-electron chi connectivity index (χ2n) is 5.31. The molecule has 1 heterocycles. The highest BCUT2D eigenvalue weighted by atomic mass is 15.1. The predicted molar refractivity (Wildman–Crippen MR) is 91.7 cm³/mol. The maximum Gasteiger partial charge on any atom is 0.0682 e. The first-order valence-electron chi connectivity index (χ1n) is 7.48. The van der Waals surface area contributed by atoms with Crippen molar-refractivity contribution < 1.29 is 0 Å². The molecule has 0 saturated heterocycles. The lowest BCUT2D eigenvalue weighted by atomic mass is 10.1. The summed E-state index contributed by atoms with van der Waals surface area (Å²) < 4.78 is 0. The Kier molecular flexibility index (Phi) is 3.20. The van der Waals surface area contributed by atoms with Crippen molar-refractivity contribution in [2.45, 2.75) is 6.42 Å². The molecule has 106 valence electrons. The van der Waals surface area contributed by atoms with Gasteiger partial charge in [0.05, 0.1) is 11.4 Å². The summed E-state index contributed by atoms with van der Waals surface area (Å²) in [5.41, 5.74) is 5.89. The molecule has 0 amide bonds. The predicted octanol–water partition coefficient (Wildman–Crippen LogP) is 5.12. The van der Waals surface area contributed by atoms with Crippen molar-refractivity contribution in [2.75, 3.05) is 4.90 Å². The van der Waals surface area contributed by atoms with Gasteiger partial charge in [0.15, 0.2) is 0 Å². The van der Waals surface area contributed by atoms with Gasteiger partial charge in [-0.3, -0.25) is 4.98 Å². The number of allylic oxidation sites excluding steroid dienone is 1. The number of rotatable bonds is 3. The van der Waals surface area contributed by atoms with Crippen molar-refractivity contribution in [1.82, 2.24) is 4.98 Å². The second-order valence-corrected chi connectivity index (χ2v) is 5.31. The van der Waals surface area contributed by atoms with Crippen molar-refractivity contribution in [3.05, 3.63) is 90.3 Å². The van der Waals surface area contributed by atoms with E-state index in [0.717, 1.165) is 23.5 Å². The Morgan fingerprint density at radius 2 is 1.41 bits per heavy atom. The standard InChI is InChI=1S/C20H16N2/c1-3-8-16(9-4-1)22(17-10-5-2-6-11-17)20-14-15-21-19-13-7-12-18(19)20/h1-11,13-15H,12H2. The van der Waals surface area contributed by atoms with E-state index >= 15 is 0 Å². The number of hydrogen-bond donors (Lipinski definition) is 0. The number of anilines is 3. The smallest absolute Gasteiger partial charge is 0.0682 e. The largest absolute Gasteiger partial charge is 0.310 e. The summed E-state index contributed by atoms with van der Waals surface area (Å²) in [7, 11) is 0. The van der Waals surface area contributed by atoms with Gasteiger partial charge in [-0.2, -0.15) is 0 Å². The van der Waals surface area contributed by atoms with Crippen LogP contribution < -0.4 is 4.90 Å². The number of benzene rings is 2. The number of nitrogens with zero attached hydrogens (tertiary/aromatic N) is 2. The van der Waals surface area contributed by atoms with Gasteiger partial charge >= 0.3 is 0 Å². The van der Waals surface area contributed by atoms with E-state index < -0.39 is 0 Å². The van der Waals surface area contributed by atoms with Gasteiger partial charge in [0.25, 0.3) is 0 Å². The van der Waals surface area contributed by atoms with Crippen LogP contribution >= 0.6 is 0 Å². The van der Waals surface area contributed by atoms with Gasteiger partial charge in [0.2, 0.25) is 0 Å². The molecule has 1 aliphatic carbocycles. The zero-order chi connectivity index (χ0) is 14.8. The molecule has 0 aliphatic heterocycles. The van der Waals surface area contributed by atoms with Gasteiger partial charge in [0.1, 0.15) is 0 Å². The molecule has 0 spiro atoms. The average Bonchev–Trinajstić information content (AvgIpc) is 3.07. The van der Waals surface area contributed by atoms with Crippen molar-refractivity contribution >= 4 is 23.1 Å². The molecule has 2 aromatic carbocycles. The Hall–Kier alpha value is -2.87. The molecule has 0 atom stereocenters. The monoisotopic (exact) mass is 284 g/mol. The van der Waals surface area contributed by atoms with Gasteiger partial charge < -0.3 is 4.90 Å². The summed E-state index contributed by atoms with van der Waals surface area (Å²) in [6.45, 7) is 0. The third kappa shape index (κ3) is 2.19. The Balaban J connectivity index is 1.91. The molecule has 3 aromatic rings. The van der Waals surface area contributed by atoms with Crippen LogP contribution in [-0.4, -0.2) is 4.98 Å². The molecule has 1 aliphatic rings. The third-order valence-corrected chi connectivity index (χ3v) is 3.93. The summed E-state index contributed by atoms with van der Waals surface area (Å²) in [4.78, 5) is 6.78. The summed E-state index contributed by atoms with van der Waals surface area (Å²) in [6, 6.07) is 23.1. The van der Waals surface area contributed by atoms with E-state index in [1.807, 2.05) is 18.3 Å². The minimum absolute atomic E-state index is 0.939. The Bertz CT molecular complexity index is 768. The molecule has 0 N–H and O–H groups in total. The van der Waals surface area contributed by atoms with Crippen molar-refractivity contribution in [3.8, 4) is 0 Å². The molecule has 2 heteroatoms. The van der Waals surface area contributed by atoms with Crippen LogP contribution in [0.3, 0.4) is 0 Å². The second kappa shape index (κ2) is 5.49. The quantitative estimate of drug-likeness (QED) is 0.663. The first-order valence-corrected chi connectivity index (χ1v) is 7.48. The van der Waals surface area contributed by atoms with Gasteiger partial charge in [-0.05, 0) is 42.8 Å². The molecule has 0 radical (unpaired) electrons. The SMILES string of the molecule is C1=Cc2nccc(N(c3ccccc3)c3ccccc3)c2C1. The van der Waals surface area contributed by atoms with Crippen LogP contribution in [-0.2, 0) is 6.42 Å². The lowest BCUT2D eigenvalue weighted by Crippen LogP contribution is -2.12. The van der Waals surface area contributed by atoms with E-state index in [4.69, 9.17) is 0 Å². The zero-order valence-electron chi connectivity index (χ0n) is 12.2. The molecular weight excluding hydrogens is 268 g/mol. The topological polar surface area (TPSA) is 16.1 Å². The molecule has 0 fully saturated rings.